The molecule has 0 bridgehead atoms. The van der Waals surface area contributed by atoms with Crippen LogP contribution >= 0.6 is 0 Å². The number of amides is 2. The predicted octanol–water partition coefficient (Wildman–Crippen LogP) is 1.32. The minimum absolute atomic E-state index is 0.150. The summed E-state index contributed by atoms with van der Waals surface area (Å²) in [6.07, 6.45) is 2.55. The Morgan fingerprint density at radius 2 is 2.00 bits per heavy atom. The van der Waals surface area contributed by atoms with Gasteiger partial charge < -0.3 is 20.8 Å². The topological polar surface area (TPSA) is 121 Å². The minimum Gasteiger partial charge on any atom is -0.467 e. The van der Waals surface area contributed by atoms with Gasteiger partial charge in [0, 0.05) is 17.5 Å². The zero-order valence-corrected chi connectivity index (χ0v) is 12.1. The molecule has 0 fully saturated rings. The summed E-state index contributed by atoms with van der Waals surface area (Å²) in [5, 5.41) is 13.9. The van der Waals surface area contributed by atoms with E-state index < -0.39 is 11.8 Å². The van der Waals surface area contributed by atoms with Gasteiger partial charge in [-0.1, -0.05) is 0 Å². The maximum absolute atomic E-state index is 11.9. The predicted molar refractivity (Wildman–Crippen MR) is 82.6 cm³/mol. The average Bonchev–Trinajstić information content (AvgIpc) is 3.07. The summed E-state index contributed by atoms with van der Waals surface area (Å²) in [7, 11) is 0. The molecule has 116 valence electrons. The molecule has 1 aromatic heterocycles. The maximum Gasteiger partial charge on any atom is 0.263 e. The fourth-order valence-electron chi connectivity index (χ4n) is 1.68. The van der Waals surface area contributed by atoms with Gasteiger partial charge in [-0.2, -0.15) is 5.26 Å². The van der Waals surface area contributed by atoms with E-state index in [1.54, 1.807) is 42.5 Å². The number of hydrogen-bond donors (Lipinski definition) is 3. The van der Waals surface area contributed by atoms with Gasteiger partial charge in [0.2, 0.25) is 0 Å². The molecular weight excluding hydrogens is 296 g/mol. The molecule has 0 unspecified atom stereocenters. The van der Waals surface area contributed by atoms with E-state index in [9.17, 15) is 9.59 Å². The minimum atomic E-state index is -0.610. The molecule has 23 heavy (non-hydrogen) atoms. The number of furan rings is 1. The number of nitrogens with zero attached hydrogens (tertiary/aromatic N) is 1. The number of benzene rings is 1. The molecule has 2 aromatic rings. The Morgan fingerprint density at radius 3 is 2.61 bits per heavy atom. The number of rotatable bonds is 5. The second-order valence-corrected chi connectivity index (χ2v) is 4.53. The van der Waals surface area contributed by atoms with Crippen molar-refractivity contribution in [1.29, 1.82) is 5.26 Å². The number of nitrogen functional groups attached to an aromatic ring is 1. The van der Waals surface area contributed by atoms with Gasteiger partial charge in [0.1, 0.15) is 17.4 Å². The smallest absolute Gasteiger partial charge is 0.263 e. The molecule has 0 aliphatic heterocycles. The van der Waals surface area contributed by atoms with Gasteiger partial charge in [0.05, 0.1) is 12.8 Å². The van der Waals surface area contributed by atoms with E-state index >= 15 is 0 Å². The number of nitrogens with two attached hydrogens (primary N) is 1. The lowest BCUT2D eigenvalue weighted by molar-refractivity contribution is -0.117. The lowest BCUT2D eigenvalue weighted by atomic mass is 10.2. The molecule has 0 radical (unpaired) electrons. The quantitative estimate of drug-likeness (QED) is 0.437. The number of nitrogens with one attached hydrogen (secondary N) is 2. The summed E-state index contributed by atoms with van der Waals surface area (Å²) < 4.78 is 5.07. The second kappa shape index (κ2) is 7.47. The highest BCUT2D eigenvalue weighted by Gasteiger charge is 2.10. The van der Waals surface area contributed by atoms with Crippen molar-refractivity contribution < 1.29 is 14.0 Å². The molecule has 0 spiro atoms. The second-order valence-electron chi connectivity index (χ2n) is 4.53. The van der Waals surface area contributed by atoms with E-state index in [1.165, 1.54) is 6.26 Å². The van der Waals surface area contributed by atoms with Crippen molar-refractivity contribution in [3.63, 3.8) is 0 Å². The summed E-state index contributed by atoms with van der Waals surface area (Å²) in [5.41, 5.74) is 6.21. The molecule has 1 aromatic carbocycles. The standard InChI is InChI=1S/C16H14N4O3/c17-8-12(16(22)20-10-14-2-1-7-23-14)9-19-15(21)11-3-5-13(18)6-4-11/h1-7,9H,10,18H2,(H,19,21)(H,20,22)/b12-9-. The van der Waals surface area contributed by atoms with Crippen LogP contribution in [0.3, 0.4) is 0 Å². The van der Waals surface area contributed by atoms with Crippen LogP contribution in [0.5, 0.6) is 0 Å². The van der Waals surface area contributed by atoms with Gasteiger partial charge in [0.25, 0.3) is 11.8 Å². The van der Waals surface area contributed by atoms with Gasteiger partial charge in [-0.25, -0.2) is 0 Å². The van der Waals surface area contributed by atoms with Gasteiger partial charge in [-0.05, 0) is 36.4 Å². The molecule has 7 nitrogen and oxygen atoms in total. The Morgan fingerprint density at radius 1 is 1.26 bits per heavy atom. The Balaban J connectivity index is 1.95. The molecule has 0 saturated heterocycles. The first-order valence-corrected chi connectivity index (χ1v) is 6.67. The summed E-state index contributed by atoms with van der Waals surface area (Å²) in [5.74, 6) is -0.500. The highest BCUT2D eigenvalue weighted by atomic mass is 16.3. The van der Waals surface area contributed by atoms with Crippen molar-refractivity contribution >= 4 is 17.5 Å². The van der Waals surface area contributed by atoms with E-state index in [1.807, 2.05) is 0 Å². The summed E-state index contributed by atoms with van der Waals surface area (Å²) in [6, 6.07) is 11.4. The summed E-state index contributed by atoms with van der Waals surface area (Å²) >= 11 is 0. The third-order valence-corrected chi connectivity index (χ3v) is 2.89. The molecular formula is C16H14N4O3. The molecule has 1 heterocycles. The molecule has 0 aliphatic rings. The normalized spacial score (nSPS) is 10.7. The summed E-state index contributed by atoms with van der Waals surface area (Å²) in [4.78, 5) is 23.7. The number of hydrogen-bond acceptors (Lipinski definition) is 5. The first-order chi connectivity index (χ1) is 11.1. The van der Waals surface area contributed by atoms with Crippen molar-refractivity contribution in [1.82, 2.24) is 10.6 Å². The third-order valence-electron chi connectivity index (χ3n) is 2.89. The first-order valence-electron chi connectivity index (χ1n) is 6.67. The van der Waals surface area contributed by atoms with Gasteiger partial charge in [-0.3, -0.25) is 9.59 Å². The lowest BCUT2D eigenvalue weighted by Crippen LogP contribution is -2.26. The summed E-state index contributed by atoms with van der Waals surface area (Å²) in [6.45, 7) is 0.150. The molecule has 7 heteroatoms. The molecule has 4 N–H and O–H groups in total. The highest BCUT2D eigenvalue weighted by Crippen LogP contribution is 2.05. The third kappa shape index (κ3) is 4.47. The zero-order valence-electron chi connectivity index (χ0n) is 12.1. The van der Waals surface area contributed by atoms with Crippen LogP contribution in [0.4, 0.5) is 5.69 Å². The van der Waals surface area contributed by atoms with Crippen molar-refractivity contribution in [3.8, 4) is 6.07 Å². The maximum atomic E-state index is 11.9. The van der Waals surface area contributed by atoms with Crippen LogP contribution in [-0.2, 0) is 11.3 Å². The molecule has 0 atom stereocenters. The van der Waals surface area contributed by atoms with E-state index in [0.29, 0.717) is 17.0 Å². The Labute approximate surface area is 132 Å². The molecule has 2 rings (SSSR count). The fraction of sp³-hybridized carbons (Fsp3) is 0.0625. The van der Waals surface area contributed by atoms with Crippen LogP contribution in [0.1, 0.15) is 16.1 Å². The largest absolute Gasteiger partial charge is 0.467 e. The number of nitriles is 1. The van der Waals surface area contributed by atoms with Crippen LogP contribution in [0.25, 0.3) is 0 Å². The van der Waals surface area contributed by atoms with E-state index in [-0.39, 0.29) is 12.1 Å². The van der Waals surface area contributed by atoms with Gasteiger partial charge in [0.15, 0.2) is 0 Å². The van der Waals surface area contributed by atoms with Crippen molar-refractivity contribution in [3.05, 3.63) is 65.8 Å². The van der Waals surface area contributed by atoms with Crippen molar-refractivity contribution in [2.75, 3.05) is 5.73 Å². The van der Waals surface area contributed by atoms with Crippen LogP contribution in [0, 0.1) is 11.3 Å². The average molecular weight is 310 g/mol. The Hall–Kier alpha value is -3.53. The van der Waals surface area contributed by atoms with E-state index in [2.05, 4.69) is 10.6 Å². The lowest BCUT2D eigenvalue weighted by Gasteiger charge is -2.03. The van der Waals surface area contributed by atoms with Crippen LogP contribution < -0.4 is 16.4 Å². The number of carbonyl (C=O) groups is 2. The van der Waals surface area contributed by atoms with Gasteiger partial charge in [-0.15, -0.1) is 0 Å². The molecule has 0 aliphatic carbocycles. The molecule has 0 saturated carbocycles. The first kappa shape index (κ1) is 15.9. The zero-order chi connectivity index (χ0) is 16.7. The number of anilines is 1. The SMILES string of the molecule is N#C/C(=C/NC(=O)c1ccc(N)cc1)C(=O)NCc1ccco1. The van der Waals surface area contributed by atoms with E-state index in [0.717, 1.165) is 6.20 Å². The van der Waals surface area contributed by atoms with Crippen LogP contribution in [0.15, 0.2) is 58.9 Å². The Kier molecular flexibility index (Phi) is 5.15. The van der Waals surface area contributed by atoms with Crippen molar-refractivity contribution in [2.24, 2.45) is 0 Å². The van der Waals surface area contributed by atoms with Crippen LogP contribution in [0.2, 0.25) is 0 Å². The van der Waals surface area contributed by atoms with Crippen molar-refractivity contribution in [2.45, 2.75) is 6.54 Å². The fourth-order valence-corrected chi connectivity index (χ4v) is 1.68. The van der Waals surface area contributed by atoms with Gasteiger partial charge >= 0.3 is 0 Å². The number of carbonyl (C=O) groups excluding carboxylic acids is 2. The monoisotopic (exact) mass is 310 g/mol. The molecule has 2 amide bonds. The highest BCUT2D eigenvalue weighted by molar-refractivity contribution is 5.99. The van der Waals surface area contributed by atoms with E-state index in [4.69, 9.17) is 15.4 Å². The Bertz CT molecular complexity index is 756. The van der Waals surface area contributed by atoms with Crippen LogP contribution in [-0.4, -0.2) is 11.8 Å².